The molecule has 0 radical (unpaired) electrons. The van der Waals surface area contributed by atoms with E-state index in [0.29, 0.717) is 23.4 Å². The molecule has 1 aliphatic rings. The number of halogens is 1. The zero-order valence-electron chi connectivity index (χ0n) is 8.49. The average Bonchev–Trinajstić information content (AvgIpc) is 2.29. The van der Waals surface area contributed by atoms with Crippen molar-refractivity contribution in [3.8, 4) is 5.88 Å². The summed E-state index contributed by atoms with van der Waals surface area (Å²) < 4.78 is 10.9. The molecule has 15 heavy (non-hydrogen) atoms. The van der Waals surface area contributed by atoms with Gasteiger partial charge in [-0.3, -0.25) is 0 Å². The molecule has 1 fully saturated rings. The van der Waals surface area contributed by atoms with E-state index in [1.54, 1.807) is 18.3 Å². The van der Waals surface area contributed by atoms with Crippen molar-refractivity contribution in [3.63, 3.8) is 0 Å². The van der Waals surface area contributed by atoms with Crippen molar-refractivity contribution in [3.05, 3.63) is 23.4 Å². The second kappa shape index (κ2) is 5.33. The Morgan fingerprint density at radius 3 is 3.00 bits per heavy atom. The van der Waals surface area contributed by atoms with Gasteiger partial charge in [0.2, 0.25) is 5.88 Å². The first kappa shape index (κ1) is 10.7. The third-order valence-electron chi connectivity index (χ3n) is 2.52. The Bertz CT molecular complexity index is 313. The Balaban J connectivity index is 1.84. The summed E-state index contributed by atoms with van der Waals surface area (Å²) in [5.41, 5.74) is 0. The van der Waals surface area contributed by atoms with Crippen molar-refractivity contribution in [2.45, 2.75) is 12.8 Å². The first-order valence-corrected chi connectivity index (χ1v) is 5.55. The molecule has 1 aromatic heterocycles. The summed E-state index contributed by atoms with van der Waals surface area (Å²) in [6, 6.07) is 3.58. The van der Waals surface area contributed by atoms with Crippen LogP contribution in [0, 0.1) is 5.92 Å². The topological polar surface area (TPSA) is 31.4 Å². The number of hydrogen-bond acceptors (Lipinski definition) is 3. The molecule has 0 atom stereocenters. The molecule has 0 N–H and O–H groups in total. The van der Waals surface area contributed by atoms with Gasteiger partial charge in [0, 0.05) is 19.4 Å². The minimum atomic E-state index is 0.533. The van der Waals surface area contributed by atoms with E-state index in [1.165, 1.54) is 0 Å². The summed E-state index contributed by atoms with van der Waals surface area (Å²) in [4.78, 5) is 4.08. The maximum Gasteiger partial charge on any atom is 0.232 e. The molecule has 2 rings (SSSR count). The lowest BCUT2D eigenvalue weighted by Crippen LogP contribution is -2.21. The summed E-state index contributed by atoms with van der Waals surface area (Å²) in [6.07, 6.45) is 3.81. The summed E-state index contributed by atoms with van der Waals surface area (Å²) >= 11 is 5.93. The monoisotopic (exact) mass is 227 g/mol. The summed E-state index contributed by atoms with van der Waals surface area (Å²) in [6.45, 7) is 2.36. The van der Waals surface area contributed by atoms with Gasteiger partial charge in [-0.05, 0) is 30.9 Å². The van der Waals surface area contributed by atoms with Gasteiger partial charge in [-0.2, -0.15) is 0 Å². The second-order valence-electron chi connectivity index (χ2n) is 3.66. The molecule has 0 bridgehead atoms. The molecule has 0 saturated carbocycles. The lowest BCUT2D eigenvalue weighted by Gasteiger charge is -2.21. The van der Waals surface area contributed by atoms with Crippen LogP contribution in [0.1, 0.15) is 12.8 Å². The third kappa shape index (κ3) is 3.08. The molecular weight excluding hydrogens is 214 g/mol. The van der Waals surface area contributed by atoms with E-state index in [2.05, 4.69) is 4.98 Å². The second-order valence-corrected chi connectivity index (χ2v) is 4.06. The van der Waals surface area contributed by atoms with Crippen LogP contribution < -0.4 is 4.74 Å². The summed E-state index contributed by atoms with van der Waals surface area (Å²) in [5, 5.41) is 0.574. The highest BCUT2D eigenvalue weighted by atomic mass is 35.5. The van der Waals surface area contributed by atoms with E-state index >= 15 is 0 Å². The Hall–Kier alpha value is -0.800. The minimum absolute atomic E-state index is 0.533. The molecule has 0 unspecified atom stereocenters. The lowest BCUT2D eigenvalue weighted by atomic mass is 10.0. The van der Waals surface area contributed by atoms with Gasteiger partial charge >= 0.3 is 0 Å². The molecule has 3 nitrogen and oxygen atoms in total. The van der Waals surface area contributed by atoms with Crippen LogP contribution in [-0.4, -0.2) is 24.8 Å². The van der Waals surface area contributed by atoms with Crippen LogP contribution in [-0.2, 0) is 4.74 Å². The number of aromatic nitrogens is 1. The van der Waals surface area contributed by atoms with E-state index < -0.39 is 0 Å². The van der Waals surface area contributed by atoms with Gasteiger partial charge in [-0.1, -0.05) is 11.6 Å². The first-order valence-electron chi connectivity index (χ1n) is 5.17. The largest absolute Gasteiger partial charge is 0.476 e. The fraction of sp³-hybridized carbons (Fsp3) is 0.545. The van der Waals surface area contributed by atoms with Crippen LogP contribution in [0.5, 0.6) is 5.88 Å². The highest BCUT2D eigenvalue weighted by Gasteiger charge is 2.15. The standard InChI is InChI=1S/C11H14ClNO2/c12-10-2-1-5-13-11(10)15-8-9-3-6-14-7-4-9/h1-2,5,9H,3-4,6-8H2. The minimum Gasteiger partial charge on any atom is -0.476 e. The highest BCUT2D eigenvalue weighted by Crippen LogP contribution is 2.22. The van der Waals surface area contributed by atoms with Crippen molar-refractivity contribution >= 4 is 11.6 Å². The third-order valence-corrected chi connectivity index (χ3v) is 2.81. The van der Waals surface area contributed by atoms with Crippen LogP contribution in [0.15, 0.2) is 18.3 Å². The number of pyridine rings is 1. The van der Waals surface area contributed by atoms with Crippen molar-refractivity contribution < 1.29 is 9.47 Å². The van der Waals surface area contributed by atoms with E-state index in [0.717, 1.165) is 26.1 Å². The van der Waals surface area contributed by atoms with Crippen molar-refractivity contribution in [1.82, 2.24) is 4.98 Å². The Morgan fingerprint density at radius 2 is 2.27 bits per heavy atom. The molecule has 1 aromatic rings. The first-order chi connectivity index (χ1) is 7.36. The van der Waals surface area contributed by atoms with Crippen molar-refractivity contribution in [1.29, 1.82) is 0 Å². The normalized spacial score (nSPS) is 17.7. The zero-order chi connectivity index (χ0) is 10.5. The van der Waals surface area contributed by atoms with Crippen molar-refractivity contribution in [2.75, 3.05) is 19.8 Å². The number of nitrogens with zero attached hydrogens (tertiary/aromatic N) is 1. The maximum atomic E-state index is 5.93. The van der Waals surface area contributed by atoms with Gasteiger partial charge in [-0.15, -0.1) is 0 Å². The van der Waals surface area contributed by atoms with Crippen molar-refractivity contribution in [2.24, 2.45) is 5.92 Å². The Morgan fingerprint density at radius 1 is 1.47 bits per heavy atom. The quantitative estimate of drug-likeness (QED) is 0.795. The lowest BCUT2D eigenvalue weighted by molar-refractivity contribution is 0.0490. The molecule has 2 heterocycles. The number of ether oxygens (including phenoxy) is 2. The van der Waals surface area contributed by atoms with Crippen LogP contribution in [0.4, 0.5) is 0 Å². The summed E-state index contributed by atoms with van der Waals surface area (Å²) in [7, 11) is 0. The SMILES string of the molecule is Clc1cccnc1OCC1CCOCC1. The molecule has 1 saturated heterocycles. The molecule has 82 valence electrons. The van der Waals surface area contributed by atoms with Crippen LogP contribution in [0.2, 0.25) is 5.02 Å². The Kier molecular flexibility index (Phi) is 3.80. The van der Waals surface area contributed by atoms with Gasteiger partial charge in [-0.25, -0.2) is 4.98 Å². The molecular formula is C11H14ClNO2. The predicted molar refractivity (Wildman–Crippen MR) is 58.3 cm³/mol. The highest BCUT2D eigenvalue weighted by molar-refractivity contribution is 6.31. The summed E-state index contributed by atoms with van der Waals surface area (Å²) in [5.74, 6) is 1.10. The number of hydrogen-bond donors (Lipinski definition) is 0. The van der Waals surface area contributed by atoms with E-state index in [4.69, 9.17) is 21.1 Å². The number of rotatable bonds is 3. The predicted octanol–water partition coefficient (Wildman–Crippen LogP) is 2.54. The van der Waals surface area contributed by atoms with E-state index in [9.17, 15) is 0 Å². The van der Waals surface area contributed by atoms with Crippen LogP contribution in [0.25, 0.3) is 0 Å². The van der Waals surface area contributed by atoms with E-state index in [1.807, 2.05) is 0 Å². The smallest absolute Gasteiger partial charge is 0.232 e. The molecule has 0 spiro atoms. The van der Waals surface area contributed by atoms with Crippen LogP contribution in [0.3, 0.4) is 0 Å². The molecule has 1 aliphatic heterocycles. The fourth-order valence-electron chi connectivity index (χ4n) is 1.59. The zero-order valence-corrected chi connectivity index (χ0v) is 9.24. The van der Waals surface area contributed by atoms with Gasteiger partial charge in [0.15, 0.2) is 0 Å². The Labute approximate surface area is 94.4 Å². The van der Waals surface area contributed by atoms with Gasteiger partial charge in [0.05, 0.1) is 6.61 Å². The van der Waals surface area contributed by atoms with Gasteiger partial charge in [0.1, 0.15) is 5.02 Å². The molecule has 0 amide bonds. The molecule has 0 aromatic carbocycles. The van der Waals surface area contributed by atoms with Gasteiger partial charge < -0.3 is 9.47 Å². The molecule has 0 aliphatic carbocycles. The fourth-order valence-corrected chi connectivity index (χ4v) is 1.76. The van der Waals surface area contributed by atoms with Crippen LogP contribution >= 0.6 is 11.6 Å². The maximum absolute atomic E-state index is 5.93. The van der Waals surface area contributed by atoms with E-state index in [-0.39, 0.29) is 0 Å². The molecule has 4 heteroatoms. The average molecular weight is 228 g/mol. The van der Waals surface area contributed by atoms with Gasteiger partial charge in [0.25, 0.3) is 0 Å².